The quantitative estimate of drug-likeness (QED) is 0.394. The van der Waals surface area contributed by atoms with Gasteiger partial charge >= 0.3 is 0 Å². The number of aromatic nitrogens is 4. The van der Waals surface area contributed by atoms with E-state index in [0.717, 1.165) is 5.56 Å². The molecule has 0 bridgehead atoms. The fourth-order valence-corrected chi connectivity index (χ4v) is 3.85. The molecule has 5 rings (SSSR count). The van der Waals surface area contributed by atoms with E-state index in [4.69, 9.17) is 9.05 Å². The van der Waals surface area contributed by atoms with Crippen LogP contribution in [0.1, 0.15) is 16.2 Å². The standard InChI is InChI=1S/C22H14FN5O3S/c1-12-18(21-25-19(28-31-21)14-7-9-15(23)10-8-14)32-22(24-12)26-20(29)16-11-17(30-27-16)13-5-3-2-4-6-13/h2-11H,1H3,(H,24,26,29). The van der Waals surface area contributed by atoms with Gasteiger partial charge in [0.05, 0.1) is 5.69 Å². The van der Waals surface area contributed by atoms with Crippen molar-refractivity contribution in [2.75, 3.05) is 5.32 Å². The molecule has 0 saturated carbocycles. The van der Waals surface area contributed by atoms with Gasteiger partial charge in [0.2, 0.25) is 5.82 Å². The van der Waals surface area contributed by atoms with E-state index in [-0.39, 0.29) is 17.4 Å². The molecule has 0 saturated heterocycles. The summed E-state index contributed by atoms with van der Waals surface area (Å²) in [6, 6.07) is 16.7. The van der Waals surface area contributed by atoms with Crippen molar-refractivity contribution in [1.82, 2.24) is 20.3 Å². The molecule has 0 fully saturated rings. The molecule has 0 aliphatic heterocycles. The van der Waals surface area contributed by atoms with E-state index in [9.17, 15) is 9.18 Å². The highest BCUT2D eigenvalue weighted by atomic mass is 32.1. The number of nitrogens with zero attached hydrogens (tertiary/aromatic N) is 4. The van der Waals surface area contributed by atoms with Gasteiger partial charge in [-0.2, -0.15) is 4.98 Å². The Kier molecular flexibility index (Phi) is 5.04. The summed E-state index contributed by atoms with van der Waals surface area (Å²) in [5.74, 6) is 0.279. The molecule has 2 aromatic carbocycles. The van der Waals surface area contributed by atoms with Crippen molar-refractivity contribution in [2.45, 2.75) is 6.92 Å². The normalized spacial score (nSPS) is 10.9. The van der Waals surface area contributed by atoms with Crippen LogP contribution >= 0.6 is 11.3 Å². The van der Waals surface area contributed by atoms with Crippen molar-refractivity contribution in [3.05, 3.63) is 77.9 Å². The number of thiazole rings is 1. The lowest BCUT2D eigenvalue weighted by molar-refractivity contribution is 0.101. The summed E-state index contributed by atoms with van der Waals surface area (Å²) >= 11 is 1.19. The SMILES string of the molecule is Cc1nc(NC(=O)c2cc(-c3ccccc3)on2)sc1-c1nc(-c2ccc(F)cc2)no1. The third-order valence-corrected chi connectivity index (χ3v) is 5.60. The summed E-state index contributed by atoms with van der Waals surface area (Å²) in [6.07, 6.45) is 0. The number of rotatable bonds is 5. The van der Waals surface area contributed by atoms with Gasteiger partial charge in [-0.25, -0.2) is 9.37 Å². The van der Waals surface area contributed by atoms with E-state index in [1.807, 2.05) is 30.3 Å². The zero-order chi connectivity index (χ0) is 22.1. The van der Waals surface area contributed by atoms with E-state index < -0.39 is 5.91 Å². The van der Waals surface area contributed by atoms with Crippen LogP contribution in [-0.2, 0) is 0 Å². The van der Waals surface area contributed by atoms with E-state index >= 15 is 0 Å². The lowest BCUT2D eigenvalue weighted by atomic mass is 10.1. The smallest absolute Gasteiger partial charge is 0.279 e. The van der Waals surface area contributed by atoms with Crippen LogP contribution in [0.5, 0.6) is 0 Å². The van der Waals surface area contributed by atoms with Crippen molar-refractivity contribution in [1.29, 1.82) is 0 Å². The largest absolute Gasteiger partial charge is 0.355 e. The van der Waals surface area contributed by atoms with Gasteiger partial charge < -0.3 is 9.05 Å². The van der Waals surface area contributed by atoms with Crippen LogP contribution in [0.3, 0.4) is 0 Å². The third kappa shape index (κ3) is 3.91. The minimum absolute atomic E-state index is 0.134. The summed E-state index contributed by atoms with van der Waals surface area (Å²) in [7, 11) is 0. The predicted octanol–water partition coefficient (Wildman–Crippen LogP) is 5.21. The maximum absolute atomic E-state index is 13.1. The minimum Gasteiger partial charge on any atom is -0.355 e. The first kappa shape index (κ1) is 19.8. The first-order valence-electron chi connectivity index (χ1n) is 9.48. The van der Waals surface area contributed by atoms with Crippen LogP contribution < -0.4 is 5.32 Å². The topological polar surface area (TPSA) is 107 Å². The number of halogens is 1. The fourth-order valence-electron chi connectivity index (χ4n) is 2.96. The van der Waals surface area contributed by atoms with Gasteiger partial charge in [-0.1, -0.05) is 52.0 Å². The van der Waals surface area contributed by atoms with Gasteiger partial charge in [-0.05, 0) is 31.2 Å². The van der Waals surface area contributed by atoms with Crippen LogP contribution in [0.2, 0.25) is 0 Å². The summed E-state index contributed by atoms with van der Waals surface area (Å²) in [5, 5.41) is 10.9. The van der Waals surface area contributed by atoms with Gasteiger partial charge in [0.1, 0.15) is 10.7 Å². The number of anilines is 1. The predicted molar refractivity (Wildman–Crippen MR) is 115 cm³/mol. The van der Waals surface area contributed by atoms with Crippen LogP contribution in [0.15, 0.2) is 69.7 Å². The molecule has 1 amide bonds. The molecular formula is C22H14FN5O3S. The Hall–Kier alpha value is -4.18. The van der Waals surface area contributed by atoms with E-state index in [1.54, 1.807) is 25.1 Å². The number of benzene rings is 2. The Bertz CT molecular complexity index is 1390. The monoisotopic (exact) mass is 447 g/mol. The van der Waals surface area contributed by atoms with E-state index in [0.29, 0.717) is 32.9 Å². The third-order valence-electron chi connectivity index (χ3n) is 4.54. The molecule has 1 N–H and O–H groups in total. The first-order valence-corrected chi connectivity index (χ1v) is 10.3. The summed E-state index contributed by atoms with van der Waals surface area (Å²) in [6.45, 7) is 1.77. The first-order chi connectivity index (χ1) is 15.6. The number of carbonyl (C=O) groups is 1. The molecule has 0 radical (unpaired) electrons. The van der Waals surface area contributed by atoms with Crippen LogP contribution in [0, 0.1) is 12.7 Å². The Morgan fingerprint density at radius 1 is 0.969 bits per heavy atom. The zero-order valence-corrected chi connectivity index (χ0v) is 17.4. The molecule has 0 aliphatic carbocycles. The van der Waals surface area contributed by atoms with E-state index in [1.165, 1.54) is 23.5 Å². The molecular weight excluding hydrogens is 433 g/mol. The van der Waals surface area contributed by atoms with Gasteiger partial charge in [0.15, 0.2) is 16.6 Å². The number of hydrogen-bond donors (Lipinski definition) is 1. The second kappa shape index (κ2) is 8.16. The average molecular weight is 447 g/mol. The van der Waals surface area contributed by atoms with Gasteiger partial charge in [-0.3, -0.25) is 10.1 Å². The maximum atomic E-state index is 13.1. The number of carbonyl (C=O) groups excluding carboxylic acids is 1. The maximum Gasteiger partial charge on any atom is 0.279 e. The van der Waals surface area contributed by atoms with Crippen LogP contribution in [-0.4, -0.2) is 26.2 Å². The minimum atomic E-state index is -0.450. The summed E-state index contributed by atoms with van der Waals surface area (Å²) < 4.78 is 23.7. The number of nitrogens with one attached hydrogen (secondary N) is 1. The molecule has 158 valence electrons. The second-order valence-electron chi connectivity index (χ2n) is 6.76. The van der Waals surface area contributed by atoms with Crippen molar-refractivity contribution in [3.8, 4) is 33.5 Å². The lowest BCUT2D eigenvalue weighted by Crippen LogP contribution is -2.11. The van der Waals surface area contributed by atoms with Crippen molar-refractivity contribution >= 4 is 22.4 Å². The lowest BCUT2D eigenvalue weighted by Gasteiger charge is -1.95. The number of hydrogen-bond acceptors (Lipinski definition) is 8. The van der Waals surface area contributed by atoms with Gasteiger partial charge in [0, 0.05) is 17.2 Å². The second-order valence-corrected chi connectivity index (χ2v) is 7.76. The Morgan fingerprint density at radius 3 is 2.53 bits per heavy atom. The van der Waals surface area contributed by atoms with Crippen LogP contribution in [0.25, 0.3) is 33.5 Å². The van der Waals surface area contributed by atoms with Gasteiger partial charge in [-0.15, -0.1) is 0 Å². The number of aryl methyl sites for hydroxylation is 1. The average Bonchev–Trinajstić information content (AvgIpc) is 3.55. The molecule has 3 heterocycles. The Morgan fingerprint density at radius 2 is 1.75 bits per heavy atom. The van der Waals surface area contributed by atoms with Gasteiger partial charge in [0.25, 0.3) is 11.8 Å². The molecule has 5 aromatic rings. The molecule has 0 aliphatic rings. The highest BCUT2D eigenvalue weighted by Gasteiger charge is 2.20. The molecule has 32 heavy (non-hydrogen) atoms. The highest BCUT2D eigenvalue weighted by molar-refractivity contribution is 7.19. The molecule has 0 spiro atoms. The molecule has 8 nitrogen and oxygen atoms in total. The Labute approximate surface area is 184 Å². The fraction of sp³-hybridized carbons (Fsp3) is 0.0455. The number of amides is 1. The summed E-state index contributed by atoms with van der Waals surface area (Å²) in [4.78, 5) is 21.9. The van der Waals surface area contributed by atoms with Crippen molar-refractivity contribution < 1.29 is 18.2 Å². The Balaban J connectivity index is 1.34. The van der Waals surface area contributed by atoms with Crippen molar-refractivity contribution in [3.63, 3.8) is 0 Å². The van der Waals surface area contributed by atoms with Crippen molar-refractivity contribution in [2.24, 2.45) is 0 Å². The molecule has 3 aromatic heterocycles. The highest BCUT2D eigenvalue weighted by Crippen LogP contribution is 2.33. The zero-order valence-electron chi connectivity index (χ0n) is 16.6. The molecule has 0 atom stereocenters. The summed E-state index contributed by atoms with van der Waals surface area (Å²) in [5.41, 5.74) is 2.19. The molecule has 10 heteroatoms. The molecule has 0 unspecified atom stereocenters. The van der Waals surface area contributed by atoms with Crippen LogP contribution in [0.4, 0.5) is 9.52 Å². The van der Waals surface area contributed by atoms with E-state index in [2.05, 4.69) is 25.6 Å².